The van der Waals surface area contributed by atoms with Crippen molar-refractivity contribution in [2.45, 2.75) is 82.0 Å². The van der Waals surface area contributed by atoms with E-state index in [-0.39, 0.29) is 29.4 Å². The fourth-order valence-electron chi connectivity index (χ4n) is 8.16. The van der Waals surface area contributed by atoms with E-state index < -0.39 is 11.6 Å². The highest BCUT2D eigenvalue weighted by molar-refractivity contribution is 6.12. The summed E-state index contributed by atoms with van der Waals surface area (Å²) in [7, 11) is 0. The van der Waals surface area contributed by atoms with Crippen LogP contribution in [0.3, 0.4) is 0 Å². The second kappa shape index (κ2) is 8.26. The van der Waals surface area contributed by atoms with E-state index in [4.69, 9.17) is 14.2 Å². The second-order valence-corrected chi connectivity index (χ2v) is 11.9. The van der Waals surface area contributed by atoms with Gasteiger partial charge in [-0.2, -0.15) is 0 Å². The zero-order valence-electron chi connectivity index (χ0n) is 21.1. The number of hydrogen-bond acceptors (Lipinski definition) is 6. The van der Waals surface area contributed by atoms with E-state index in [0.29, 0.717) is 41.9 Å². The van der Waals surface area contributed by atoms with E-state index in [1.807, 2.05) is 30.3 Å². The molecule has 6 nitrogen and oxygen atoms in total. The number of carbonyl (C=O) groups excluding carboxylic acids is 3. The van der Waals surface area contributed by atoms with Gasteiger partial charge in [-0.15, -0.1) is 0 Å². The monoisotopic (exact) mass is 500 g/mol. The van der Waals surface area contributed by atoms with E-state index in [1.54, 1.807) is 12.1 Å². The van der Waals surface area contributed by atoms with Crippen molar-refractivity contribution in [2.24, 2.45) is 17.3 Å². The highest BCUT2D eigenvalue weighted by Gasteiger charge is 2.73. The number of ketones is 1. The van der Waals surface area contributed by atoms with Crippen LogP contribution in [0.4, 0.5) is 0 Å². The maximum absolute atomic E-state index is 13.0. The highest BCUT2D eigenvalue weighted by Crippen LogP contribution is 2.62. The van der Waals surface area contributed by atoms with Gasteiger partial charge in [0.2, 0.25) is 5.60 Å². The topological polar surface area (TPSA) is 82.2 Å². The van der Waals surface area contributed by atoms with Gasteiger partial charge in [-0.3, -0.25) is 4.79 Å². The van der Waals surface area contributed by atoms with Gasteiger partial charge in [0.25, 0.3) is 0 Å². The number of benzene rings is 2. The first kappa shape index (κ1) is 23.2. The number of ether oxygens (including phenoxy) is 3. The standard InChI is InChI=1S/C31H32O6/c1-30-16-15-22-21-10-8-20(35-28(33)18-5-3-2-4-6-18)17-19(21)7-9-23(22)24(30)11-13-26(30)36-29(34)31-25(32)12-14-27(31)37-31/h2-6,8,10,17,22-24,26-27H,7,9,11-16H2,1H3/t22?,23-,24?,26+,27?,30+,31?/m1/s1. The smallest absolute Gasteiger partial charge is 0.349 e. The molecule has 0 amide bonds. The Kier molecular flexibility index (Phi) is 5.17. The van der Waals surface area contributed by atoms with Crippen molar-refractivity contribution < 1.29 is 28.6 Å². The summed E-state index contributed by atoms with van der Waals surface area (Å²) >= 11 is 0. The van der Waals surface area contributed by atoms with Crippen LogP contribution in [0.15, 0.2) is 48.5 Å². The maximum Gasteiger partial charge on any atom is 0.349 e. The minimum Gasteiger partial charge on any atom is -0.459 e. The van der Waals surface area contributed by atoms with Crippen molar-refractivity contribution in [1.29, 1.82) is 0 Å². The molecule has 2 aromatic carbocycles. The molecule has 0 radical (unpaired) electrons. The van der Waals surface area contributed by atoms with Crippen LogP contribution >= 0.6 is 0 Å². The lowest BCUT2D eigenvalue weighted by molar-refractivity contribution is -0.165. The normalized spacial score (nSPS) is 37.1. The lowest BCUT2D eigenvalue weighted by Gasteiger charge is -2.50. The number of rotatable bonds is 4. The molecule has 192 valence electrons. The van der Waals surface area contributed by atoms with Gasteiger partial charge >= 0.3 is 11.9 Å². The lowest BCUT2D eigenvalue weighted by Crippen LogP contribution is -2.47. The molecule has 4 unspecified atom stereocenters. The predicted octanol–water partition coefficient (Wildman–Crippen LogP) is 5.17. The van der Waals surface area contributed by atoms with Gasteiger partial charge in [-0.25, -0.2) is 9.59 Å². The predicted molar refractivity (Wildman–Crippen MR) is 134 cm³/mol. The Bertz CT molecular complexity index is 1290. The molecule has 4 fully saturated rings. The van der Waals surface area contributed by atoms with E-state index in [0.717, 1.165) is 38.5 Å². The SMILES string of the molecule is C[C@]12CCC3c4ccc(OC(=O)c5ccccc5)cc4CC[C@H]3C1CC[C@@H]2OC(=O)C12OC1CCC2=O. The summed E-state index contributed by atoms with van der Waals surface area (Å²) in [6.45, 7) is 2.29. The van der Waals surface area contributed by atoms with Crippen LogP contribution in [0.5, 0.6) is 5.75 Å². The third-order valence-electron chi connectivity index (χ3n) is 10.2. The number of aryl methyl sites for hydroxylation is 1. The van der Waals surface area contributed by atoms with Crippen LogP contribution in [0.2, 0.25) is 0 Å². The van der Waals surface area contributed by atoms with E-state index in [2.05, 4.69) is 13.0 Å². The van der Waals surface area contributed by atoms with Gasteiger partial charge in [0.05, 0.1) is 5.56 Å². The number of Topliss-reactive ketones (excluding diaryl/α,β-unsaturated/α-hetero) is 1. The van der Waals surface area contributed by atoms with E-state index in [9.17, 15) is 14.4 Å². The fourth-order valence-corrected chi connectivity index (χ4v) is 8.16. The van der Waals surface area contributed by atoms with Gasteiger partial charge in [0.1, 0.15) is 18.0 Å². The Labute approximate surface area is 216 Å². The van der Waals surface area contributed by atoms with Crippen LogP contribution in [0.25, 0.3) is 0 Å². The quantitative estimate of drug-likeness (QED) is 0.249. The molecule has 0 bridgehead atoms. The molecule has 1 heterocycles. The van der Waals surface area contributed by atoms with Gasteiger partial charge in [-0.05, 0) is 98.1 Å². The zero-order chi connectivity index (χ0) is 25.4. The molecule has 1 saturated heterocycles. The van der Waals surface area contributed by atoms with Crippen LogP contribution in [-0.2, 0) is 25.5 Å². The summed E-state index contributed by atoms with van der Waals surface area (Å²) in [5, 5.41) is 0. The Morgan fingerprint density at radius 1 is 0.973 bits per heavy atom. The molecular formula is C31H32O6. The molecule has 5 aliphatic rings. The van der Waals surface area contributed by atoms with Gasteiger partial charge in [-0.1, -0.05) is 31.2 Å². The van der Waals surface area contributed by atoms with E-state index >= 15 is 0 Å². The third kappa shape index (κ3) is 3.44. The first-order chi connectivity index (χ1) is 17.9. The van der Waals surface area contributed by atoms with E-state index in [1.165, 1.54) is 11.1 Å². The molecule has 4 aliphatic carbocycles. The Hall–Kier alpha value is -2.99. The van der Waals surface area contributed by atoms with Crippen molar-refractivity contribution >= 4 is 17.7 Å². The molecule has 2 aromatic rings. The first-order valence-corrected chi connectivity index (χ1v) is 13.7. The molecule has 7 atom stereocenters. The number of fused-ring (bicyclic) bond motifs is 6. The fraction of sp³-hybridized carbons (Fsp3) is 0.516. The molecule has 7 rings (SSSR count). The number of esters is 2. The van der Waals surface area contributed by atoms with Gasteiger partial charge in [0.15, 0.2) is 5.78 Å². The van der Waals surface area contributed by atoms with Crippen molar-refractivity contribution in [2.75, 3.05) is 0 Å². The Morgan fingerprint density at radius 2 is 1.81 bits per heavy atom. The van der Waals surface area contributed by atoms with Crippen LogP contribution < -0.4 is 4.74 Å². The zero-order valence-corrected chi connectivity index (χ0v) is 21.1. The number of hydrogen-bond donors (Lipinski definition) is 0. The molecule has 6 heteroatoms. The average Bonchev–Trinajstić information content (AvgIpc) is 3.45. The molecule has 37 heavy (non-hydrogen) atoms. The van der Waals surface area contributed by atoms with Crippen molar-refractivity contribution in [3.05, 3.63) is 65.2 Å². The lowest BCUT2D eigenvalue weighted by atomic mass is 9.55. The second-order valence-electron chi connectivity index (χ2n) is 11.9. The summed E-state index contributed by atoms with van der Waals surface area (Å²) in [4.78, 5) is 37.9. The molecule has 0 aromatic heterocycles. The summed E-state index contributed by atoms with van der Waals surface area (Å²) in [5.41, 5.74) is 1.85. The van der Waals surface area contributed by atoms with Crippen LogP contribution in [-0.4, -0.2) is 35.5 Å². The average molecular weight is 501 g/mol. The van der Waals surface area contributed by atoms with Crippen molar-refractivity contribution in [1.82, 2.24) is 0 Å². The number of epoxide rings is 1. The maximum atomic E-state index is 13.0. The largest absolute Gasteiger partial charge is 0.459 e. The van der Waals surface area contributed by atoms with Gasteiger partial charge in [0, 0.05) is 11.8 Å². The third-order valence-corrected chi connectivity index (χ3v) is 10.2. The highest BCUT2D eigenvalue weighted by atomic mass is 16.7. The molecule has 3 saturated carbocycles. The molecule has 0 spiro atoms. The van der Waals surface area contributed by atoms with Crippen molar-refractivity contribution in [3.63, 3.8) is 0 Å². The Balaban J connectivity index is 1.06. The van der Waals surface area contributed by atoms with Crippen molar-refractivity contribution in [3.8, 4) is 5.75 Å². The molecule has 0 N–H and O–H groups in total. The van der Waals surface area contributed by atoms with Crippen LogP contribution in [0.1, 0.15) is 79.3 Å². The minimum absolute atomic E-state index is 0.0673. The number of carbonyl (C=O) groups is 3. The molecule has 1 aliphatic heterocycles. The first-order valence-electron chi connectivity index (χ1n) is 13.7. The summed E-state index contributed by atoms with van der Waals surface area (Å²) in [5.74, 6) is 1.21. The minimum atomic E-state index is -1.28. The summed E-state index contributed by atoms with van der Waals surface area (Å²) in [6.07, 6.45) is 6.61. The summed E-state index contributed by atoms with van der Waals surface area (Å²) in [6, 6.07) is 15.2. The van der Waals surface area contributed by atoms with Crippen LogP contribution in [0, 0.1) is 17.3 Å². The summed E-state index contributed by atoms with van der Waals surface area (Å²) < 4.78 is 17.3. The molecular weight excluding hydrogens is 468 g/mol. The van der Waals surface area contributed by atoms with Gasteiger partial charge < -0.3 is 14.2 Å². The Morgan fingerprint density at radius 3 is 2.57 bits per heavy atom.